The summed E-state index contributed by atoms with van der Waals surface area (Å²) < 4.78 is 5.48. The Morgan fingerprint density at radius 3 is 2.73 bits per heavy atom. The lowest BCUT2D eigenvalue weighted by Gasteiger charge is -2.11. The Balaban J connectivity index is 1.94. The first kappa shape index (κ1) is 12.5. The van der Waals surface area contributed by atoms with E-state index in [9.17, 15) is 0 Å². The molecule has 0 radical (unpaired) electrons. The van der Waals surface area contributed by atoms with Crippen LogP contribution in [-0.2, 0) is 4.74 Å². The Morgan fingerprint density at radius 2 is 2.20 bits per heavy atom. The minimum Gasteiger partial charge on any atom is -0.379 e. The van der Waals surface area contributed by atoms with Gasteiger partial charge in [0.15, 0.2) is 0 Å². The van der Waals surface area contributed by atoms with Gasteiger partial charge in [-0.05, 0) is 31.6 Å². The van der Waals surface area contributed by atoms with Gasteiger partial charge in [-0.2, -0.15) is 5.26 Å². The smallest absolute Gasteiger partial charge is 0.119 e. The molecule has 0 saturated heterocycles. The average Bonchev–Trinajstić information content (AvgIpc) is 2.99. The molecule has 0 aliphatic heterocycles. The maximum atomic E-state index is 8.85. The van der Waals surface area contributed by atoms with Gasteiger partial charge in [0.1, 0.15) is 6.04 Å². The van der Waals surface area contributed by atoms with Crippen LogP contribution in [0.15, 0.2) is 0 Å². The Hall–Kier alpha value is -0.590. The van der Waals surface area contributed by atoms with Crippen molar-refractivity contribution in [1.82, 2.24) is 5.32 Å². The van der Waals surface area contributed by atoms with Gasteiger partial charge in [-0.1, -0.05) is 13.8 Å². The molecule has 1 rings (SSSR count). The molecule has 0 amide bonds. The second kappa shape index (κ2) is 6.81. The third kappa shape index (κ3) is 6.48. The lowest BCUT2D eigenvalue weighted by Crippen LogP contribution is -2.33. The van der Waals surface area contributed by atoms with Crippen molar-refractivity contribution in [2.24, 2.45) is 5.92 Å². The molecule has 0 aromatic rings. The van der Waals surface area contributed by atoms with E-state index in [1.54, 1.807) is 0 Å². The van der Waals surface area contributed by atoms with Gasteiger partial charge < -0.3 is 4.74 Å². The van der Waals surface area contributed by atoms with Gasteiger partial charge in [0.05, 0.1) is 12.7 Å². The molecule has 0 aromatic carbocycles. The summed E-state index contributed by atoms with van der Waals surface area (Å²) in [7, 11) is 0. The van der Waals surface area contributed by atoms with E-state index in [2.05, 4.69) is 25.2 Å². The van der Waals surface area contributed by atoms with Gasteiger partial charge in [0.25, 0.3) is 0 Å². The van der Waals surface area contributed by atoms with Crippen LogP contribution in [0.25, 0.3) is 0 Å². The SMILES string of the molecule is CC(C)CCCOCC(C#N)NC1CC1. The largest absolute Gasteiger partial charge is 0.379 e. The van der Waals surface area contributed by atoms with Gasteiger partial charge in [-0.25, -0.2) is 0 Å². The quantitative estimate of drug-likeness (QED) is 0.624. The number of hydrogen-bond acceptors (Lipinski definition) is 3. The number of nitriles is 1. The summed E-state index contributed by atoms with van der Waals surface area (Å²) >= 11 is 0. The van der Waals surface area contributed by atoms with Crippen molar-refractivity contribution in [2.45, 2.75) is 51.6 Å². The molecule has 1 aliphatic rings. The van der Waals surface area contributed by atoms with Crippen LogP contribution >= 0.6 is 0 Å². The van der Waals surface area contributed by atoms with Crippen LogP contribution in [0.4, 0.5) is 0 Å². The monoisotopic (exact) mass is 210 g/mol. The fourth-order valence-electron chi connectivity index (χ4n) is 1.45. The third-order valence-corrected chi connectivity index (χ3v) is 2.52. The van der Waals surface area contributed by atoms with E-state index in [-0.39, 0.29) is 6.04 Å². The molecule has 0 aromatic heterocycles. The van der Waals surface area contributed by atoms with Gasteiger partial charge >= 0.3 is 0 Å². The number of nitrogens with one attached hydrogen (secondary N) is 1. The van der Waals surface area contributed by atoms with Gasteiger partial charge in [0, 0.05) is 12.6 Å². The summed E-state index contributed by atoms with van der Waals surface area (Å²) in [4.78, 5) is 0. The topological polar surface area (TPSA) is 45.0 Å². The Kier molecular flexibility index (Phi) is 5.67. The molecular formula is C12H22N2O. The Morgan fingerprint density at radius 1 is 1.47 bits per heavy atom. The van der Waals surface area contributed by atoms with Crippen molar-refractivity contribution in [2.75, 3.05) is 13.2 Å². The number of nitrogens with zero attached hydrogens (tertiary/aromatic N) is 1. The molecule has 1 aliphatic carbocycles. The van der Waals surface area contributed by atoms with Crippen molar-refractivity contribution < 1.29 is 4.74 Å². The van der Waals surface area contributed by atoms with Gasteiger partial charge in [0.2, 0.25) is 0 Å². The van der Waals surface area contributed by atoms with Gasteiger partial charge in [-0.15, -0.1) is 0 Å². The van der Waals surface area contributed by atoms with Crippen LogP contribution < -0.4 is 5.32 Å². The molecule has 1 atom stereocenters. The minimum absolute atomic E-state index is 0.114. The summed E-state index contributed by atoms with van der Waals surface area (Å²) in [5.41, 5.74) is 0. The fourth-order valence-corrected chi connectivity index (χ4v) is 1.45. The first-order chi connectivity index (χ1) is 7.22. The minimum atomic E-state index is -0.114. The van der Waals surface area contributed by atoms with E-state index in [4.69, 9.17) is 10.00 Å². The molecule has 1 fully saturated rings. The fraction of sp³-hybridized carbons (Fsp3) is 0.917. The summed E-state index contributed by atoms with van der Waals surface area (Å²) in [5, 5.41) is 12.1. The maximum absolute atomic E-state index is 8.85. The first-order valence-corrected chi connectivity index (χ1v) is 5.95. The highest BCUT2D eigenvalue weighted by atomic mass is 16.5. The van der Waals surface area contributed by atoms with Crippen molar-refractivity contribution in [1.29, 1.82) is 5.26 Å². The molecule has 3 heteroatoms. The van der Waals surface area contributed by atoms with Crippen LogP contribution in [0.3, 0.4) is 0 Å². The lowest BCUT2D eigenvalue weighted by atomic mass is 10.1. The second-order valence-corrected chi connectivity index (χ2v) is 4.73. The highest BCUT2D eigenvalue weighted by molar-refractivity contribution is 4.95. The molecule has 1 unspecified atom stereocenters. The van der Waals surface area contributed by atoms with Crippen molar-refractivity contribution in [3.8, 4) is 6.07 Å². The number of rotatable bonds is 8. The summed E-state index contributed by atoms with van der Waals surface area (Å²) in [6.45, 7) is 5.74. The van der Waals surface area contributed by atoms with Crippen molar-refractivity contribution in [3.05, 3.63) is 0 Å². The van der Waals surface area contributed by atoms with Crippen molar-refractivity contribution >= 4 is 0 Å². The summed E-state index contributed by atoms with van der Waals surface area (Å²) in [5.74, 6) is 0.741. The Bertz CT molecular complexity index is 206. The standard InChI is InChI=1S/C12H22N2O/c1-10(2)4-3-7-15-9-12(8-13)14-11-5-6-11/h10-12,14H,3-7,9H2,1-2H3. The first-order valence-electron chi connectivity index (χ1n) is 5.95. The van der Waals surface area contributed by atoms with E-state index >= 15 is 0 Å². The zero-order chi connectivity index (χ0) is 11.1. The molecular weight excluding hydrogens is 188 g/mol. The number of ether oxygens (including phenoxy) is 1. The highest BCUT2D eigenvalue weighted by Gasteiger charge is 2.24. The van der Waals surface area contributed by atoms with E-state index in [1.807, 2.05) is 0 Å². The molecule has 3 nitrogen and oxygen atoms in total. The van der Waals surface area contributed by atoms with E-state index in [0.29, 0.717) is 12.6 Å². The van der Waals surface area contributed by atoms with Crippen molar-refractivity contribution in [3.63, 3.8) is 0 Å². The number of hydrogen-bond donors (Lipinski definition) is 1. The van der Waals surface area contributed by atoms with E-state index in [1.165, 1.54) is 19.3 Å². The van der Waals surface area contributed by atoms with Crippen LogP contribution in [0.1, 0.15) is 39.5 Å². The molecule has 1 saturated carbocycles. The molecule has 86 valence electrons. The lowest BCUT2D eigenvalue weighted by molar-refractivity contribution is 0.117. The summed E-state index contributed by atoms with van der Waals surface area (Å²) in [6.07, 6.45) is 4.73. The maximum Gasteiger partial charge on any atom is 0.119 e. The summed E-state index contributed by atoms with van der Waals surface area (Å²) in [6, 6.07) is 2.70. The average molecular weight is 210 g/mol. The zero-order valence-electron chi connectivity index (χ0n) is 9.83. The van der Waals surface area contributed by atoms with Crippen LogP contribution in [-0.4, -0.2) is 25.3 Å². The second-order valence-electron chi connectivity index (χ2n) is 4.73. The van der Waals surface area contributed by atoms with Crippen LogP contribution in [0, 0.1) is 17.2 Å². The van der Waals surface area contributed by atoms with E-state index in [0.717, 1.165) is 18.9 Å². The predicted octanol–water partition coefficient (Wildman–Crippen LogP) is 2.08. The molecule has 0 spiro atoms. The Labute approximate surface area is 92.8 Å². The zero-order valence-corrected chi connectivity index (χ0v) is 9.83. The normalized spacial score (nSPS) is 17.7. The van der Waals surface area contributed by atoms with Crippen LogP contribution in [0.5, 0.6) is 0 Å². The molecule has 1 N–H and O–H groups in total. The molecule has 15 heavy (non-hydrogen) atoms. The highest BCUT2D eigenvalue weighted by Crippen LogP contribution is 2.19. The predicted molar refractivity (Wildman–Crippen MR) is 60.4 cm³/mol. The third-order valence-electron chi connectivity index (χ3n) is 2.52. The van der Waals surface area contributed by atoms with E-state index < -0.39 is 0 Å². The van der Waals surface area contributed by atoms with Crippen LogP contribution in [0.2, 0.25) is 0 Å². The van der Waals surface area contributed by atoms with Gasteiger partial charge in [-0.3, -0.25) is 5.32 Å². The molecule has 0 bridgehead atoms. The molecule has 0 heterocycles.